The van der Waals surface area contributed by atoms with Crippen molar-refractivity contribution in [3.8, 4) is 11.5 Å². The van der Waals surface area contributed by atoms with Crippen LogP contribution in [0.15, 0.2) is 36.4 Å². The van der Waals surface area contributed by atoms with Crippen LogP contribution in [0, 0.1) is 0 Å². The van der Waals surface area contributed by atoms with Gasteiger partial charge in [0.25, 0.3) is 0 Å². The Morgan fingerprint density at radius 1 is 0.731 bits per heavy atom. The van der Waals surface area contributed by atoms with Gasteiger partial charge in [-0.1, -0.05) is 35.8 Å². The van der Waals surface area contributed by atoms with Crippen molar-refractivity contribution >= 4 is 11.9 Å². The van der Waals surface area contributed by atoms with E-state index >= 15 is 0 Å². The molecule has 0 amide bonds. The number of carboxylic acid groups (broad SMARTS) is 2. The molecule has 2 rings (SSSR count). The summed E-state index contributed by atoms with van der Waals surface area (Å²) in [4.78, 5) is 20.8. The molecule has 0 saturated heterocycles. The van der Waals surface area contributed by atoms with Crippen LogP contribution in [-0.4, -0.2) is 32.4 Å². The molecule has 0 aliphatic rings. The molecule has 2 aromatic carbocycles. The molecule has 0 atom stereocenters. The summed E-state index contributed by atoms with van der Waals surface area (Å²) >= 11 is 0. The predicted octanol–water partition coefficient (Wildman–Crippen LogP) is -6.09. The second-order valence-corrected chi connectivity index (χ2v) is 4.59. The van der Waals surface area contributed by atoms with Crippen molar-refractivity contribution in [2.75, 3.05) is 0 Å². The van der Waals surface area contributed by atoms with E-state index in [1.54, 1.807) is 0 Å². The number of aliphatic hydroxyl groups is 2. The van der Waals surface area contributed by atoms with E-state index in [1.165, 1.54) is 24.3 Å². The molecule has 0 bridgehead atoms. The van der Waals surface area contributed by atoms with E-state index < -0.39 is 23.4 Å². The Balaban J connectivity index is 0. The SMILES string of the molecule is O=C(O)c1cc(CO)ccc1[O-].O=C(O)c1cc(CO)ccc1[O-].[Na+].[Na+]. The Kier molecular flexibility index (Phi) is 13.7. The van der Waals surface area contributed by atoms with Crippen LogP contribution in [0.5, 0.6) is 11.5 Å². The van der Waals surface area contributed by atoms with Gasteiger partial charge in [0.05, 0.1) is 24.3 Å². The molecule has 8 nitrogen and oxygen atoms in total. The smallest absolute Gasteiger partial charge is 0.872 e. The standard InChI is InChI=1S/2C8H8O4.2Na/c2*9-4-5-1-2-7(10)6(3-5)8(11)12;;/h2*1-3,9-10H,4H2,(H,11,12);;/q;;2*+1/p-2. The molecule has 0 heterocycles. The third kappa shape index (κ3) is 8.07. The van der Waals surface area contributed by atoms with E-state index in [1.807, 2.05) is 0 Å². The summed E-state index contributed by atoms with van der Waals surface area (Å²) in [6.45, 7) is -0.527. The van der Waals surface area contributed by atoms with Crippen molar-refractivity contribution in [2.24, 2.45) is 0 Å². The number of hydrogen-bond acceptors (Lipinski definition) is 6. The number of carboxylic acids is 2. The number of carbonyl (C=O) groups is 2. The van der Waals surface area contributed by atoms with E-state index in [2.05, 4.69) is 0 Å². The molecule has 0 spiro atoms. The molecule has 0 unspecified atom stereocenters. The maximum absolute atomic E-state index is 10.9. The van der Waals surface area contributed by atoms with Gasteiger partial charge in [-0.25, -0.2) is 9.59 Å². The Hall–Kier alpha value is -1.10. The summed E-state index contributed by atoms with van der Waals surface area (Å²) in [7, 11) is 0. The molecular formula is C16H14Na2O8. The normalized spacial score (nSPS) is 9.00. The Morgan fingerprint density at radius 3 is 1.27 bits per heavy atom. The van der Waals surface area contributed by atoms with Gasteiger partial charge in [-0.15, -0.1) is 0 Å². The summed E-state index contributed by atoms with van der Waals surface area (Å²) in [6, 6.07) is 7.41. The third-order valence-electron chi connectivity index (χ3n) is 2.91. The van der Waals surface area contributed by atoms with Crippen molar-refractivity contribution in [1.82, 2.24) is 0 Å². The number of aromatic carboxylic acids is 2. The number of benzene rings is 2. The van der Waals surface area contributed by atoms with E-state index in [0.29, 0.717) is 11.1 Å². The second kappa shape index (κ2) is 13.1. The van der Waals surface area contributed by atoms with Crippen molar-refractivity contribution in [2.45, 2.75) is 13.2 Å². The van der Waals surface area contributed by atoms with Gasteiger partial charge >= 0.3 is 71.1 Å². The molecule has 10 heteroatoms. The largest absolute Gasteiger partial charge is 1.00 e. The van der Waals surface area contributed by atoms with Crippen molar-refractivity contribution in [3.63, 3.8) is 0 Å². The van der Waals surface area contributed by atoms with Crippen LogP contribution in [-0.2, 0) is 13.2 Å². The first kappa shape index (κ1) is 27.1. The van der Waals surface area contributed by atoms with Crippen molar-refractivity contribution in [1.29, 1.82) is 0 Å². The van der Waals surface area contributed by atoms with Crippen LogP contribution in [0.25, 0.3) is 0 Å². The van der Waals surface area contributed by atoms with Gasteiger partial charge < -0.3 is 30.6 Å². The quantitative estimate of drug-likeness (QED) is 0.381. The Morgan fingerprint density at radius 2 is 1.04 bits per heavy atom. The van der Waals surface area contributed by atoms with Crippen LogP contribution in [0.2, 0.25) is 0 Å². The van der Waals surface area contributed by atoms with Crippen LogP contribution < -0.4 is 69.3 Å². The third-order valence-corrected chi connectivity index (χ3v) is 2.91. The first-order chi connectivity index (χ1) is 11.3. The van der Waals surface area contributed by atoms with Gasteiger partial charge in [0.2, 0.25) is 0 Å². The minimum Gasteiger partial charge on any atom is -0.872 e. The zero-order valence-electron chi connectivity index (χ0n) is 14.3. The Labute approximate surface area is 193 Å². The summed E-state index contributed by atoms with van der Waals surface area (Å²) in [5.74, 6) is -3.62. The van der Waals surface area contributed by atoms with Crippen LogP contribution >= 0.6 is 0 Å². The molecule has 0 radical (unpaired) electrons. The molecule has 0 aliphatic heterocycles. The van der Waals surface area contributed by atoms with Crippen molar-refractivity contribution < 1.29 is 99.3 Å². The fourth-order valence-electron chi connectivity index (χ4n) is 1.69. The number of aliphatic hydroxyl groups excluding tert-OH is 2. The van der Waals surface area contributed by atoms with Gasteiger partial charge in [-0.3, -0.25) is 0 Å². The average molecular weight is 380 g/mol. The first-order valence-electron chi connectivity index (χ1n) is 6.58. The second-order valence-electron chi connectivity index (χ2n) is 4.59. The van der Waals surface area contributed by atoms with Crippen LogP contribution in [0.1, 0.15) is 31.8 Å². The van der Waals surface area contributed by atoms with E-state index in [0.717, 1.165) is 12.1 Å². The predicted molar refractivity (Wildman–Crippen MR) is 77.5 cm³/mol. The van der Waals surface area contributed by atoms with Crippen LogP contribution in [0.3, 0.4) is 0 Å². The summed E-state index contributed by atoms with van der Waals surface area (Å²) in [6.07, 6.45) is 0. The monoisotopic (exact) mass is 380 g/mol. The summed E-state index contributed by atoms with van der Waals surface area (Å²) in [5.41, 5.74) is 0.238. The zero-order valence-corrected chi connectivity index (χ0v) is 18.3. The average Bonchev–Trinajstić information content (AvgIpc) is 2.56. The molecule has 2 aromatic rings. The van der Waals surface area contributed by atoms with E-state index in [-0.39, 0.29) is 83.5 Å². The van der Waals surface area contributed by atoms with Gasteiger partial charge in [-0.05, 0) is 23.3 Å². The molecule has 26 heavy (non-hydrogen) atoms. The zero-order chi connectivity index (χ0) is 18.3. The molecule has 128 valence electrons. The van der Waals surface area contributed by atoms with Gasteiger partial charge in [0.15, 0.2) is 0 Å². The molecule has 0 saturated carbocycles. The van der Waals surface area contributed by atoms with Gasteiger partial charge in [0, 0.05) is 0 Å². The molecule has 0 aliphatic carbocycles. The summed E-state index contributed by atoms with van der Waals surface area (Å²) < 4.78 is 0. The summed E-state index contributed by atoms with van der Waals surface area (Å²) in [5, 5.41) is 56.0. The van der Waals surface area contributed by atoms with E-state index in [9.17, 15) is 19.8 Å². The van der Waals surface area contributed by atoms with Crippen LogP contribution in [0.4, 0.5) is 0 Å². The number of hydrogen-bond donors (Lipinski definition) is 4. The minimum atomic E-state index is -1.27. The maximum atomic E-state index is 10.9. The fourth-order valence-corrected chi connectivity index (χ4v) is 1.69. The molecule has 0 fully saturated rings. The molecule has 4 N–H and O–H groups in total. The van der Waals surface area contributed by atoms with Crippen molar-refractivity contribution in [3.05, 3.63) is 58.7 Å². The molecule has 0 aromatic heterocycles. The fraction of sp³-hybridized carbons (Fsp3) is 0.125. The minimum absolute atomic E-state index is 0. The first-order valence-corrected chi connectivity index (χ1v) is 6.58. The van der Waals surface area contributed by atoms with Gasteiger partial charge in [-0.2, -0.15) is 0 Å². The van der Waals surface area contributed by atoms with Gasteiger partial charge in [0.1, 0.15) is 0 Å². The topological polar surface area (TPSA) is 161 Å². The Bertz CT molecular complexity index is 686. The van der Waals surface area contributed by atoms with E-state index in [4.69, 9.17) is 20.4 Å². The number of rotatable bonds is 4. The molecular weight excluding hydrogens is 366 g/mol. The maximum Gasteiger partial charge on any atom is 1.00 e.